The van der Waals surface area contributed by atoms with Crippen molar-refractivity contribution in [2.24, 2.45) is 0 Å². The average molecular weight is 250 g/mol. The maximum absolute atomic E-state index is 9.55. The van der Waals surface area contributed by atoms with Crippen LogP contribution >= 0.6 is 0 Å². The van der Waals surface area contributed by atoms with Gasteiger partial charge >= 0.3 is 0 Å². The first kappa shape index (κ1) is 13.3. The van der Waals surface area contributed by atoms with Crippen LogP contribution in [0.15, 0.2) is 6.07 Å². The molecule has 0 aromatic carbocycles. The van der Waals surface area contributed by atoms with Crippen molar-refractivity contribution < 1.29 is 9.84 Å². The number of rotatable bonds is 3. The van der Waals surface area contributed by atoms with Crippen LogP contribution in [-0.4, -0.2) is 36.4 Å². The summed E-state index contributed by atoms with van der Waals surface area (Å²) in [6.07, 6.45) is 2.48. The summed E-state index contributed by atoms with van der Waals surface area (Å²) < 4.78 is 5.44. The maximum Gasteiger partial charge on any atom is 0.134 e. The number of piperidine rings is 1. The van der Waals surface area contributed by atoms with E-state index in [4.69, 9.17) is 4.74 Å². The van der Waals surface area contributed by atoms with E-state index in [1.165, 1.54) is 0 Å². The standard InChI is InChI=1S/C14H22N2O2/c1-10-7-11(2)15-14(13(10)9-17)16-6-4-5-12(8-16)18-3/h7,12,17H,4-6,8-9H2,1-3H3. The Hall–Kier alpha value is -1.13. The third-order valence-electron chi connectivity index (χ3n) is 3.62. The molecule has 1 aliphatic heterocycles. The zero-order valence-electron chi connectivity index (χ0n) is 11.4. The molecule has 2 rings (SSSR count). The highest BCUT2D eigenvalue weighted by Gasteiger charge is 2.23. The molecule has 1 aliphatic rings. The van der Waals surface area contributed by atoms with Gasteiger partial charge in [-0.25, -0.2) is 4.98 Å². The summed E-state index contributed by atoms with van der Waals surface area (Å²) in [4.78, 5) is 6.85. The summed E-state index contributed by atoms with van der Waals surface area (Å²) in [5.74, 6) is 0.928. The fourth-order valence-corrected chi connectivity index (χ4v) is 2.62. The van der Waals surface area contributed by atoms with Gasteiger partial charge in [-0.15, -0.1) is 0 Å². The summed E-state index contributed by atoms with van der Waals surface area (Å²) in [6, 6.07) is 2.02. The van der Waals surface area contributed by atoms with E-state index < -0.39 is 0 Å². The van der Waals surface area contributed by atoms with Crippen LogP contribution < -0.4 is 4.90 Å². The maximum atomic E-state index is 9.55. The molecule has 0 saturated carbocycles. The van der Waals surface area contributed by atoms with Crippen molar-refractivity contribution in [3.05, 3.63) is 22.9 Å². The van der Waals surface area contributed by atoms with E-state index in [-0.39, 0.29) is 12.7 Å². The lowest BCUT2D eigenvalue weighted by Crippen LogP contribution is -2.40. The summed E-state index contributed by atoms with van der Waals surface area (Å²) in [5, 5.41) is 9.55. The van der Waals surface area contributed by atoms with Crippen molar-refractivity contribution in [2.45, 2.75) is 39.4 Å². The quantitative estimate of drug-likeness (QED) is 0.888. The van der Waals surface area contributed by atoms with Crippen LogP contribution in [0, 0.1) is 13.8 Å². The van der Waals surface area contributed by atoms with Crippen molar-refractivity contribution in [3.63, 3.8) is 0 Å². The Morgan fingerprint density at radius 2 is 2.28 bits per heavy atom. The van der Waals surface area contributed by atoms with E-state index in [9.17, 15) is 5.11 Å². The van der Waals surface area contributed by atoms with Crippen LogP contribution in [0.4, 0.5) is 5.82 Å². The fourth-order valence-electron chi connectivity index (χ4n) is 2.62. The third kappa shape index (κ3) is 2.65. The van der Waals surface area contributed by atoms with E-state index >= 15 is 0 Å². The van der Waals surface area contributed by atoms with E-state index in [0.29, 0.717) is 0 Å². The molecule has 1 N–H and O–H groups in total. The topological polar surface area (TPSA) is 45.6 Å². The minimum absolute atomic E-state index is 0.0442. The Balaban J connectivity index is 2.31. The van der Waals surface area contributed by atoms with Crippen molar-refractivity contribution in [1.29, 1.82) is 0 Å². The molecule has 0 bridgehead atoms. The number of hydrogen-bond acceptors (Lipinski definition) is 4. The van der Waals surface area contributed by atoms with Crippen LogP contribution in [0.2, 0.25) is 0 Å². The Labute approximate surface area is 109 Å². The molecule has 0 amide bonds. The molecule has 1 atom stereocenters. The number of aromatic nitrogens is 1. The lowest BCUT2D eigenvalue weighted by Gasteiger charge is -2.34. The smallest absolute Gasteiger partial charge is 0.134 e. The van der Waals surface area contributed by atoms with Gasteiger partial charge in [0.2, 0.25) is 0 Å². The molecule has 1 saturated heterocycles. The second-order valence-corrected chi connectivity index (χ2v) is 4.99. The lowest BCUT2D eigenvalue weighted by atomic mass is 10.1. The van der Waals surface area contributed by atoms with Gasteiger partial charge in [0.05, 0.1) is 12.7 Å². The molecule has 1 fully saturated rings. The average Bonchev–Trinajstić information content (AvgIpc) is 2.38. The predicted molar refractivity (Wildman–Crippen MR) is 71.9 cm³/mol. The second kappa shape index (κ2) is 5.67. The van der Waals surface area contributed by atoms with Gasteiger partial charge in [0, 0.05) is 31.5 Å². The van der Waals surface area contributed by atoms with Crippen LogP contribution in [0.5, 0.6) is 0 Å². The first-order valence-electron chi connectivity index (χ1n) is 6.51. The molecule has 1 aromatic rings. The molecule has 4 heteroatoms. The molecular weight excluding hydrogens is 228 g/mol. The van der Waals surface area contributed by atoms with E-state index in [1.54, 1.807) is 7.11 Å². The monoisotopic (exact) mass is 250 g/mol. The van der Waals surface area contributed by atoms with Gasteiger partial charge < -0.3 is 14.7 Å². The fraction of sp³-hybridized carbons (Fsp3) is 0.643. The predicted octanol–water partition coefficient (Wildman–Crippen LogP) is 1.81. The number of ether oxygens (including phenoxy) is 1. The second-order valence-electron chi connectivity index (χ2n) is 4.99. The van der Waals surface area contributed by atoms with Gasteiger partial charge in [-0.05, 0) is 38.3 Å². The highest BCUT2D eigenvalue weighted by molar-refractivity contribution is 5.51. The number of aliphatic hydroxyl groups excluding tert-OH is 1. The van der Waals surface area contributed by atoms with Gasteiger partial charge in [0.1, 0.15) is 5.82 Å². The van der Waals surface area contributed by atoms with Crippen molar-refractivity contribution in [1.82, 2.24) is 4.98 Å². The Bertz CT molecular complexity index is 421. The summed E-state index contributed by atoms with van der Waals surface area (Å²) in [7, 11) is 1.76. The van der Waals surface area contributed by atoms with Crippen LogP contribution in [0.25, 0.3) is 0 Å². The van der Waals surface area contributed by atoms with Gasteiger partial charge in [-0.2, -0.15) is 0 Å². The van der Waals surface area contributed by atoms with E-state index in [1.807, 2.05) is 19.9 Å². The normalized spacial score (nSPS) is 20.2. The molecular formula is C14H22N2O2. The molecule has 18 heavy (non-hydrogen) atoms. The van der Waals surface area contributed by atoms with Crippen LogP contribution in [0.3, 0.4) is 0 Å². The van der Waals surface area contributed by atoms with E-state index in [2.05, 4.69) is 9.88 Å². The Morgan fingerprint density at radius 1 is 1.50 bits per heavy atom. The molecule has 0 spiro atoms. The minimum atomic E-state index is 0.0442. The summed E-state index contributed by atoms with van der Waals surface area (Å²) in [5.41, 5.74) is 3.05. The third-order valence-corrected chi connectivity index (χ3v) is 3.62. The minimum Gasteiger partial charge on any atom is -0.392 e. The molecule has 0 aliphatic carbocycles. The van der Waals surface area contributed by atoms with Gasteiger partial charge in [0.25, 0.3) is 0 Å². The lowest BCUT2D eigenvalue weighted by molar-refractivity contribution is 0.0890. The molecule has 4 nitrogen and oxygen atoms in total. The summed E-state index contributed by atoms with van der Waals surface area (Å²) >= 11 is 0. The zero-order chi connectivity index (χ0) is 13.1. The SMILES string of the molecule is COC1CCCN(c2nc(C)cc(C)c2CO)C1. The van der Waals surface area contributed by atoms with Crippen molar-refractivity contribution >= 4 is 5.82 Å². The van der Waals surface area contributed by atoms with Crippen LogP contribution in [0.1, 0.15) is 29.7 Å². The molecule has 1 aromatic heterocycles. The van der Waals surface area contributed by atoms with Gasteiger partial charge in [0.15, 0.2) is 0 Å². The Morgan fingerprint density at radius 3 is 2.94 bits per heavy atom. The number of aliphatic hydroxyl groups is 1. The first-order chi connectivity index (χ1) is 8.65. The number of aryl methyl sites for hydroxylation is 2. The van der Waals surface area contributed by atoms with Crippen molar-refractivity contribution in [2.75, 3.05) is 25.1 Å². The first-order valence-corrected chi connectivity index (χ1v) is 6.51. The van der Waals surface area contributed by atoms with Crippen molar-refractivity contribution in [3.8, 4) is 0 Å². The van der Waals surface area contributed by atoms with Gasteiger partial charge in [-0.3, -0.25) is 0 Å². The molecule has 100 valence electrons. The molecule has 1 unspecified atom stereocenters. The van der Waals surface area contributed by atoms with E-state index in [0.717, 1.165) is 48.6 Å². The number of methoxy groups -OCH3 is 1. The molecule has 0 radical (unpaired) electrons. The number of hydrogen-bond donors (Lipinski definition) is 1. The van der Waals surface area contributed by atoms with Crippen LogP contribution in [-0.2, 0) is 11.3 Å². The highest BCUT2D eigenvalue weighted by atomic mass is 16.5. The number of pyridine rings is 1. The van der Waals surface area contributed by atoms with Gasteiger partial charge in [-0.1, -0.05) is 0 Å². The number of nitrogens with zero attached hydrogens (tertiary/aromatic N) is 2. The Kier molecular flexibility index (Phi) is 4.19. The largest absolute Gasteiger partial charge is 0.392 e. The molecule has 2 heterocycles. The summed E-state index contributed by atoms with van der Waals surface area (Å²) in [6.45, 7) is 5.92. The number of anilines is 1. The highest BCUT2D eigenvalue weighted by Crippen LogP contribution is 2.26. The zero-order valence-corrected chi connectivity index (χ0v) is 11.4.